The Labute approximate surface area is 160 Å². The van der Waals surface area contributed by atoms with Crippen LogP contribution in [0.4, 0.5) is 4.39 Å². The predicted octanol–water partition coefficient (Wildman–Crippen LogP) is 2.16. The van der Waals surface area contributed by atoms with Crippen LogP contribution in [0.2, 0.25) is 0 Å². The summed E-state index contributed by atoms with van der Waals surface area (Å²) in [5.41, 5.74) is 0. The Morgan fingerprint density at radius 1 is 1.15 bits per heavy atom. The molecule has 1 saturated carbocycles. The van der Waals surface area contributed by atoms with E-state index in [9.17, 15) is 17.6 Å². The molecule has 2 fully saturated rings. The minimum atomic E-state index is -3.64. The van der Waals surface area contributed by atoms with E-state index in [4.69, 9.17) is 4.74 Å². The molecule has 0 bridgehead atoms. The summed E-state index contributed by atoms with van der Waals surface area (Å²) in [5.74, 6) is 0.0892. The Morgan fingerprint density at radius 3 is 2.44 bits per heavy atom. The second kappa shape index (κ2) is 9.12. The van der Waals surface area contributed by atoms with E-state index in [1.54, 1.807) is 0 Å². The molecule has 1 aromatic rings. The van der Waals surface area contributed by atoms with Crippen molar-refractivity contribution < 1.29 is 22.3 Å². The van der Waals surface area contributed by atoms with Crippen molar-refractivity contribution in [3.63, 3.8) is 0 Å². The molecule has 8 heteroatoms. The molecule has 1 amide bonds. The number of carbonyl (C=O) groups is 1. The van der Waals surface area contributed by atoms with Crippen LogP contribution in [0.15, 0.2) is 29.2 Å². The molecule has 150 valence electrons. The highest BCUT2D eigenvalue weighted by atomic mass is 32.2. The van der Waals surface area contributed by atoms with Crippen molar-refractivity contribution in [3.05, 3.63) is 30.1 Å². The molecule has 1 heterocycles. The maximum absolute atomic E-state index is 13.0. The fourth-order valence-corrected chi connectivity index (χ4v) is 4.65. The molecular formula is C19H27FN2O4S. The number of nitrogens with one attached hydrogen (secondary N) is 1. The van der Waals surface area contributed by atoms with Crippen molar-refractivity contribution >= 4 is 15.9 Å². The highest BCUT2D eigenvalue weighted by Crippen LogP contribution is 2.28. The summed E-state index contributed by atoms with van der Waals surface area (Å²) in [7, 11) is -3.64. The van der Waals surface area contributed by atoms with Crippen molar-refractivity contribution in [2.45, 2.75) is 37.0 Å². The first-order chi connectivity index (χ1) is 13.0. The summed E-state index contributed by atoms with van der Waals surface area (Å²) in [6.45, 7) is 2.66. The van der Waals surface area contributed by atoms with Gasteiger partial charge in [0.1, 0.15) is 5.82 Å². The van der Waals surface area contributed by atoms with Gasteiger partial charge in [0.25, 0.3) is 0 Å². The van der Waals surface area contributed by atoms with Crippen LogP contribution in [-0.4, -0.2) is 51.5 Å². The zero-order chi connectivity index (χ0) is 19.3. The van der Waals surface area contributed by atoms with Crippen LogP contribution in [-0.2, 0) is 19.6 Å². The third-order valence-electron chi connectivity index (χ3n) is 5.09. The number of piperidine rings is 1. The number of sulfonamides is 1. The average Bonchev–Trinajstić information content (AvgIpc) is 3.49. The van der Waals surface area contributed by atoms with Crippen molar-refractivity contribution in [1.29, 1.82) is 0 Å². The van der Waals surface area contributed by atoms with Crippen molar-refractivity contribution in [2.24, 2.45) is 11.8 Å². The first-order valence-electron chi connectivity index (χ1n) is 9.58. The van der Waals surface area contributed by atoms with Crippen LogP contribution in [0.1, 0.15) is 32.1 Å². The molecule has 0 atom stereocenters. The molecule has 6 nitrogen and oxygen atoms in total. The minimum absolute atomic E-state index is 0.0176. The Kier molecular flexibility index (Phi) is 6.83. The third kappa shape index (κ3) is 5.73. The van der Waals surface area contributed by atoms with Gasteiger partial charge in [-0.05, 0) is 62.3 Å². The highest BCUT2D eigenvalue weighted by molar-refractivity contribution is 7.89. The number of hydrogen-bond donors (Lipinski definition) is 1. The van der Waals surface area contributed by atoms with Gasteiger partial charge in [0.05, 0.1) is 4.90 Å². The van der Waals surface area contributed by atoms with E-state index in [0.29, 0.717) is 39.1 Å². The molecule has 1 aliphatic heterocycles. The van der Waals surface area contributed by atoms with Gasteiger partial charge >= 0.3 is 0 Å². The summed E-state index contributed by atoms with van der Waals surface area (Å²) >= 11 is 0. The van der Waals surface area contributed by atoms with Crippen LogP contribution in [0.25, 0.3) is 0 Å². The van der Waals surface area contributed by atoms with Gasteiger partial charge in [-0.3, -0.25) is 4.79 Å². The van der Waals surface area contributed by atoms with Gasteiger partial charge in [0.15, 0.2) is 0 Å². The molecule has 27 heavy (non-hydrogen) atoms. The summed E-state index contributed by atoms with van der Waals surface area (Å²) in [6, 6.07) is 4.83. The Balaban J connectivity index is 1.38. The normalized spacial score (nSPS) is 19.1. The van der Waals surface area contributed by atoms with E-state index in [2.05, 4.69) is 5.32 Å². The summed E-state index contributed by atoms with van der Waals surface area (Å²) < 4.78 is 45.1. The second-order valence-corrected chi connectivity index (χ2v) is 9.23. The van der Waals surface area contributed by atoms with Crippen molar-refractivity contribution in [3.8, 4) is 0 Å². The number of benzene rings is 1. The lowest BCUT2D eigenvalue weighted by Gasteiger charge is -2.30. The van der Waals surface area contributed by atoms with Crippen molar-refractivity contribution in [1.82, 2.24) is 9.62 Å². The quantitative estimate of drug-likeness (QED) is 0.647. The maximum Gasteiger partial charge on any atom is 0.243 e. The molecule has 0 radical (unpaired) electrons. The fourth-order valence-electron chi connectivity index (χ4n) is 3.18. The lowest BCUT2D eigenvalue weighted by molar-refractivity contribution is -0.126. The van der Waals surface area contributed by atoms with Crippen LogP contribution >= 0.6 is 0 Å². The summed E-state index contributed by atoms with van der Waals surface area (Å²) in [6.07, 6.45) is 4.31. The van der Waals surface area contributed by atoms with Crippen LogP contribution in [0.3, 0.4) is 0 Å². The molecule has 1 saturated heterocycles. The number of hydrogen-bond acceptors (Lipinski definition) is 4. The number of carbonyl (C=O) groups excluding carboxylic acids is 1. The molecule has 1 N–H and O–H groups in total. The van der Waals surface area contributed by atoms with Gasteiger partial charge in [0, 0.05) is 38.8 Å². The zero-order valence-electron chi connectivity index (χ0n) is 15.4. The monoisotopic (exact) mass is 398 g/mol. The largest absolute Gasteiger partial charge is 0.381 e. The number of ether oxygens (including phenoxy) is 1. The SMILES string of the molecule is O=C(NCCCOCC1CC1)C1CCN(S(=O)(=O)c2ccc(F)cc2)CC1. The number of rotatable bonds is 9. The molecular weight excluding hydrogens is 371 g/mol. The first kappa shape index (κ1) is 20.2. The number of amides is 1. The predicted molar refractivity (Wildman–Crippen MR) is 99.1 cm³/mol. The number of nitrogens with zero attached hydrogens (tertiary/aromatic N) is 1. The van der Waals surface area contributed by atoms with Crippen LogP contribution in [0.5, 0.6) is 0 Å². The van der Waals surface area contributed by atoms with Crippen LogP contribution in [0, 0.1) is 17.7 Å². The minimum Gasteiger partial charge on any atom is -0.381 e. The smallest absolute Gasteiger partial charge is 0.243 e. The number of halogens is 1. The van der Waals surface area contributed by atoms with Gasteiger partial charge in [-0.2, -0.15) is 4.31 Å². The van der Waals surface area contributed by atoms with E-state index in [0.717, 1.165) is 31.1 Å². The molecule has 2 aliphatic rings. The van der Waals surface area contributed by atoms with Gasteiger partial charge < -0.3 is 10.1 Å². The van der Waals surface area contributed by atoms with Gasteiger partial charge in [-0.15, -0.1) is 0 Å². The average molecular weight is 399 g/mol. The molecule has 1 aromatic carbocycles. The Bertz CT molecular complexity index is 727. The zero-order valence-corrected chi connectivity index (χ0v) is 16.2. The summed E-state index contributed by atoms with van der Waals surface area (Å²) in [5, 5.41) is 2.92. The van der Waals surface area contributed by atoms with E-state index in [-0.39, 0.29) is 16.7 Å². The van der Waals surface area contributed by atoms with E-state index < -0.39 is 15.8 Å². The molecule has 0 unspecified atom stereocenters. The van der Waals surface area contributed by atoms with Crippen LogP contribution < -0.4 is 5.32 Å². The highest BCUT2D eigenvalue weighted by Gasteiger charge is 2.32. The van der Waals surface area contributed by atoms with E-state index in [1.165, 1.54) is 29.3 Å². The third-order valence-corrected chi connectivity index (χ3v) is 7.00. The lowest BCUT2D eigenvalue weighted by atomic mass is 9.97. The fraction of sp³-hybridized carbons (Fsp3) is 0.632. The Morgan fingerprint density at radius 2 is 1.81 bits per heavy atom. The van der Waals surface area contributed by atoms with E-state index >= 15 is 0 Å². The second-order valence-electron chi connectivity index (χ2n) is 7.30. The lowest BCUT2D eigenvalue weighted by Crippen LogP contribution is -2.43. The van der Waals surface area contributed by atoms with E-state index in [1.807, 2.05) is 0 Å². The van der Waals surface area contributed by atoms with Gasteiger partial charge in [0.2, 0.25) is 15.9 Å². The topological polar surface area (TPSA) is 75.7 Å². The van der Waals surface area contributed by atoms with Gasteiger partial charge in [-0.1, -0.05) is 0 Å². The molecule has 1 aliphatic carbocycles. The first-order valence-corrected chi connectivity index (χ1v) is 11.0. The maximum atomic E-state index is 13.0. The molecule has 0 aromatic heterocycles. The Hall–Kier alpha value is -1.51. The van der Waals surface area contributed by atoms with Crippen molar-refractivity contribution in [2.75, 3.05) is 32.8 Å². The van der Waals surface area contributed by atoms with Gasteiger partial charge in [-0.25, -0.2) is 12.8 Å². The summed E-state index contributed by atoms with van der Waals surface area (Å²) in [4.78, 5) is 12.3. The molecule has 3 rings (SSSR count). The molecule has 0 spiro atoms. The standard InChI is InChI=1S/C19H27FN2O4S/c20-17-4-6-18(7-5-17)27(24,25)22-11-8-16(9-12-22)19(23)21-10-1-13-26-14-15-2-3-15/h4-7,15-16H,1-3,8-14H2,(H,21,23).